The van der Waals surface area contributed by atoms with Crippen molar-refractivity contribution in [2.24, 2.45) is 0 Å². The van der Waals surface area contributed by atoms with Crippen molar-refractivity contribution in [1.29, 1.82) is 0 Å². The molecule has 14 heavy (non-hydrogen) atoms. The summed E-state index contributed by atoms with van der Waals surface area (Å²) in [6.07, 6.45) is -1.38. The van der Waals surface area contributed by atoms with Crippen LogP contribution in [0, 0.1) is 0 Å². The summed E-state index contributed by atoms with van der Waals surface area (Å²) in [7, 11) is 0. The summed E-state index contributed by atoms with van der Waals surface area (Å²) >= 11 is 0. The van der Waals surface area contributed by atoms with Gasteiger partial charge in [0.15, 0.2) is 6.23 Å². The van der Waals surface area contributed by atoms with Gasteiger partial charge in [0.05, 0.1) is 19.8 Å². The number of morpholine rings is 1. The standard InChI is InChI=1S/C9H17NO4/c1-9(2,3)14-8(12)10-4-5-13-6-7(10)11/h7,11H,4-6H2,1-3H3. The van der Waals surface area contributed by atoms with Crippen LogP contribution in [-0.4, -0.2) is 47.7 Å². The molecule has 0 aromatic carbocycles. The number of carbonyl (C=O) groups is 1. The normalized spacial score (nSPS) is 23.4. The first-order valence-electron chi connectivity index (χ1n) is 4.65. The first-order valence-corrected chi connectivity index (χ1v) is 4.65. The third-order valence-electron chi connectivity index (χ3n) is 1.73. The Hall–Kier alpha value is -0.810. The van der Waals surface area contributed by atoms with Gasteiger partial charge in [-0.15, -0.1) is 0 Å². The van der Waals surface area contributed by atoms with E-state index in [1.54, 1.807) is 20.8 Å². The summed E-state index contributed by atoms with van der Waals surface area (Å²) in [5.74, 6) is 0. The molecule has 1 amide bonds. The van der Waals surface area contributed by atoms with E-state index in [1.165, 1.54) is 4.90 Å². The fourth-order valence-corrected chi connectivity index (χ4v) is 1.12. The molecular formula is C9H17NO4. The Morgan fingerprint density at radius 2 is 2.21 bits per heavy atom. The second-order valence-electron chi connectivity index (χ2n) is 4.23. The second-order valence-corrected chi connectivity index (χ2v) is 4.23. The molecule has 1 fully saturated rings. The molecule has 0 saturated carbocycles. The Balaban J connectivity index is 2.50. The van der Waals surface area contributed by atoms with E-state index in [9.17, 15) is 9.90 Å². The Morgan fingerprint density at radius 1 is 1.57 bits per heavy atom. The summed E-state index contributed by atoms with van der Waals surface area (Å²) in [5.41, 5.74) is -0.533. The van der Waals surface area contributed by atoms with Crippen molar-refractivity contribution in [3.05, 3.63) is 0 Å². The fraction of sp³-hybridized carbons (Fsp3) is 0.889. The van der Waals surface area contributed by atoms with E-state index in [-0.39, 0.29) is 6.61 Å². The number of amides is 1. The average Bonchev–Trinajstić information content (AvgIpc) is 2.01. The zero-order chi connectivity index (χ0) is 10.8. The molecule has 1 saturated heterocycles. The maximum absolute atomic E-state index is 11.5. The van der Waals surface area contributed by atoms with Gasteiger partial charge in [-0.25, -0.2) is 4.79 Å². The van der Waals surface area contributed by atoms with E-state index < -0.39 is 17.9 Å². The lowest BCUT2D eigenvalue weighted by atomic mass is 10.2. The van der Waals surface area contributed by atoms with Crippen molar-refractivity contribution < 1.29 is 19.4 Å². The van der Waals surface area contributed by atoms with Crippen molar-refractivity contribution in [2.75, 3.05) is 19.8 Å². The molecule has 82 valence electrons. The molecule has 0 spiro atoms. The third kappa shape index (κ3) is 3.16. The highest BCUT2D eigenvalue weighted by molar-refractivity contribution is 5.68. The first-order chi connectivity index (χ1) is 6.40. The number of aliphatic hydroxyl groups is 1. The molecule has 0 radical (unpaired) electrons. The van der Waals surface area contributed by atoms with Crippen LogP contribution in [0.3, 0.4) is 0 Å². The monoisotopic (exact) mass is 203 g/mol. The Labute approximate surface area is 83.6 Å². The van der Waals surface area contributed by atoms with Gasteiger partial charge in [-0.05, 0) is 20.8 Å². The molecule has 0 bridgehead atoms. The van der Waals surface area contributed by atoms with Crippen molar-refractivity contribution in [3.63, 3.8) is 0 Å². The number of ether oxygens (including phenoxy) is 2. The molecule has 0 aromatic rings. The van der Waals surface area contributed by atoms with Crippen LogP contribution in [0.2, 0.25) is 0 Å². The minimum absolute atomic E-state index is 0.152. The molecule has 1 N–H and O–H groups in total. The fourth-order valence-electron chi connectivity index (χ4n) is 1.12. The van der Waals surface area contributed by atoms with E-state index in [0.29, 0.717) is 13.2 Å². The lowest BCUT2D eigenvalue weighted by Gasteiger charge is -2.33. The molecule has 1 atom stereocenters. The van der Waals surface area contributed by atoms with E-state index >= 15 is 0 Å². The van der Waals surface area contributed by atoms with Crippen LogP contribution in [0.1, 0.15) is 20.8 Å². The third-order valence-corrected chi connectivity index (χ3v) is 1.73. The van der Waals surface area contributed by atoms with E-state index in [4.69, 9.17) is 9.47 Å². The molecule has 1 aliphatic rings. The minimum Gasteiger partial charge on any atom is -0.444 e. The number of nitrogens with zero attached hydrogens (tertiary/aromatic N) is 1. The lowest BCUT2D eigenvalue weighted by Crippen LogP contribution is -2.50. The molecule has 5 nitrogen and oxygen atoms in total. The molecule has 1 aliphatic heterocycles. The van der Waals surface area contributed by atoms with Crippen LogP contribution < -0.4 is 0 Å². The van der Waals surface area contributed by atoms with Crippen LogP contribution >= 0.6 is 0 Å². The van der Waals surface area contributed by atoms with Crippen LogP contribution in [0.25, 0.3) is 0 Å². The number of rotatable bonds is 0. The maximum atomic E-state index is 11.5. The van der Waals surface area contributed by atoms with Crippen molar-refractivity contribution in [1.82, 2.24) is 4.90 Å². The van der Waals surface area contributed by atoms with E-state index in [1.807, 2.05) is 0 Å². The largest absolute Gasteiger partial charge is 0.444 e. The number of hydrogen-bond donors (Lipinski definition) is 1. The van der Waals surface area contributed by atoms with Crippen molar-refractivity contribution in [3.8, 4) is 0 Å². The molecule has 0 aliphatic carbocycles. The Bertz CT molecular complexity index is 211. The van der Waals surface area contributed by atoms with Gasteiger partial charge in [0.1, 0.15) is 5.60 Å². The average molecular weight is 203 g/mol. The van der Waals surface area contributed by atoms with E-state index in [2.05, 4.69) is 0 Å². The van der Waals surface area contributed by atoms with Crippen LogP contribution in [0.15, 0.2) is 0 Å². The zero-order valence-electron chi connectivity index (χ0n) is 8.82. The quantitative estimate of drug-likeness (QED) is 0.625. The zero-order valence-corrected chi connectivity index (χ0v) is 8.82. The smallest absolute Gasteiger partial charge is 0.412 e. The highest BCUT2D eigenvalue weighted by atomic mass is 16.6. The molecule has 1 unspecified atom stereocenters. The number of aliphatic hydroxyl groups excluding tert-OH is 1. The topological polar surface area (TPSA) is 59.0 Å². The molecule has 5 heteroatoms. The molecule has 1 rings (SSSR count). The van der Waals surface area contributed by atoms with Crippen LogP contribution in [-0.2, 0) is 9.47 Å². The molecule has 1 heterocycles. The second kappa shape index (κ2) is 4.14. The van der Waals surface area contributed by atoms with Crippen molar-refractivity contribution in [2.45, 2.75) is 32.6 Å². The van der Waals surface area contributed by atoms with Crippen LogP contribution in [0.4, 0.5) is 4.79 Å². The van der Waals surface area contributed by atoms with Gasteiger partial charge in [0, 0.05) is 0 Å². The predicted octanol–water partition coefficient (Wildman–Crippen LogP) is 0.572. The highest BCUT2D eigenvalue weighted by Crippen LogP contribution is 2.13. The van der Waals surface area contributed by atoms with Crippen LogP contribution in [0.5, 0.6) is 0 Å². The summed E-state index contributed by atoms with van der Waals surface area (Å²) < 4.78 is 10.1. The first kappa shape index (κ1) is 11.3. The summed E-state index contributed by atoms with van der Waals surface area (Å²) in [5, 5.41) is 9.44. The van der Waals surface area contributed by atoms with Gasteiger partial charge in [0.25, 0.3) is 0 Å². The van der Waals surface area contributed by atoms with Gasteiger partial charge < -0.3 is 14.6 Å². The van der Waals surface area contributed by atoms with E-state index in [0.717, 1.165) is 0 Å². The van der Waals surface area contributed by atoms with Gasteiger partial charge in [0.2, 0.25) is 0 Å². The number of carbonyl (C=O) groups excluding carboxylic acids is 1. The predicted molar refractivity (Wildman–Crippen MR) is 49.8 cm³/mol. The number of hydrogen-bond acceptors (Lipinski definition) is 4. The lowest BCUT2D eigenvalue weighted by molar-refractivity contribution is -0.104. The highest BCUT2D eigenvalue weighted by Gasteiger charge is 2.29. The summed E-state index contributed by atoms with van der Waals surface area (Å²) in [6.45, 7) is 6.33. The summed E-state index contributed by atoms with van der Waals surface area (Å²) in [6, 6.07) is 0. The molecule has 0 aromatic heterocycles. The Kier molecular flexibility index (Phi) is 3.34. The maximum Gasteiger partial charge on any atom is 0.412 e. The van der Waals surface area contributed by atoms with Gasteiger partial charge >= 0.3 is 6.09 Å². The Morgan fingerprint density at radius 3 is 2.71 bits per heavy atom. The van der Waals surface area contributed by atoms with Gasteiger partial charge in [-0.1, -0.05) is 0 Å². The van der Waals surface area contributed by atoms with Gasteiger partial charge in [-0.2, -0.15) is 0 Å². The molecular weight excluding hydrogens is 186 g/mol. The summed E-state index contributed by atoms with van der Waals surface area (Å²) in [4.78, 5) is 12.8. The van der Waals surface area contributed by atoms with Gasteiger partial charge in [-0.3, -0.25) is 4.90 Å². The SMILES string of the molecule is CC(C)(C)OC(=O)N1CCOCC1O. The van der Waals surface area contributed by atoms with Crippen molar-refractivity contribution >= 4 is 6.09 Å². The minimum atomic E-state index is -0.890.